The zero-order valence-corrected chi connectivity index (χ0v) is 16.9. The van der Waals surface area contributed by atoms with Crippen molar-refractivity contribution in [3.8, 4) is 0 Å². The van der Waals surface area contributed by atoms with Crippen LogP contribution in [0.25, 0.3) is 0 Å². The van der Waals surface area contributed by atoms with Gasteiger partial charge in [-0.15, -0.1) is 0 Å². The van der Waals surface area contributed by atoms with Crippen LogP contribution < -0.4 is 0 Å². The first-order valence-corrected chi connectivity index (χ1v) is 10.3. The van der Waals surface area contributed by atoms with Gasteiger partial charge in [-0.3, -0.25) is 19.5 Å². The molecule has 4 rings (SSSR count). The van der Waals surface area contributed by atoms with Gasteiger partial charge in [-0.2, -0.15) is 0 Å². The highest BCUT2D eigenvalue weighted by molar-refractivity contribution is 5.95. The van der Waals surface area contributed by atoms with Crippen molar-refractivity contribution in [2.75, 3.05) is 53.0 Å². The molecule has 3 aliphatic rings. The van der Waals surface area contributed by atoms with Crippen molar-refractivity contribution >= 4 is 11.8 Å². The van der Waals surface area contributed by atoms with Crippen LogP contribution in [0.4, 0.5) is 0 Å². The molecule has 3 saturated heterocycles. The molecule has 0 radical (unpaired) electrons. The van der Waals surface area contributed by atoms with Crippen LogP contribution in [-0.2, 0) is 9.53 Å². The molecule has 4 heterocycles. The topological polar surface area (TPSA) is 66.0 Å². The van der Waals surface area contributed by atoms with E-state index in [9.17, 15) is 9.59 Å². The number of carbonyl (C=O) groups excluding carboxylic acids is 2. The minimum atomic E-state index is -0.0408. The summed E-state index contributed by atoms with van der Waals surface area (Å²) in [6, 6.07) is 1.84. The number of likely N-dealkylation sites (tertiary alicyclic amines) is 2. The third-order valence-corrected chi connectivity index (χ3v) is 6.73. The van der Waals surface area contributed by atoms with Crippen molar-refractivity contribution in [2.24, 2.45) is 5.41 Å². The first kappa shape index (κ1) is 19.3. The molecule has 0 N–H and O–H groups in total. The number of ether oxygens (including phenoxy) is 1. The second-order valence-electron chi connectivity index (χ2n) is 8.56. The van der Waals surface area contributed by atoms with E-state index >= 15 is 0 Å². The molecule has 0 bridgehead atoms. The smallest absolute Gasteiger partial charge is 0.255 e. The predicted octanol–water partition coefficient (Wildman–Crippen LogP) is 1.18. The minimum Gasteiger partial charge on any atom is -0.378 e. The Morgan fingerprint density at radius 3 is 2.54 bits per heavy atom. The molecular formula is C21H30N4O3. The molecule has 152 valence electrons. The lowest BCUT2D eigenvalue weighted by Crippen LogP contribution is -2.48. The Balaban J connectivity index is 1.38. The van der Waals surface area contributed by atoms with Gasteiger partial charge in [0, 0.05) is 45.1 Å². The molecule has 1 atom stereocenters. The maximum Gasteiger partial charge on any atom is 0.255 e. The van der Waals surface area contributed by atoms with Crippen LogP contribution in [0.1, 0.15) is 35.2 Å². The summed E-state index contributed by atoms with van der Waals surface area (Å²) >= 11 is 0. The molecule has 0 saturated carbocycles. The van der Waals surface area contributed by atoms with Gasteiger partial charge in [0.25, 0.3) is 5.91 Å². The van der Waals surface area contributed by atoms with Gasteiger partial charge in [-0.05, 0) is 50.3 Å². The van der Waals surface area contributed by atoms with Crippen molar-refractivity contribution in [1.82, 2.24) is 19.7 Å². The Morgan fingerprint density at radius 2 is 1.86 bits per heavy atom. The molecule has 2 amide bonds. The summed E-state index contributed by atoms with van der Waals surface area (Å²) in [5, 5.41) is 0. The fraction of sp³-hybridized carbons (Fsp3) is 0.667. The number of pyridine rings is 1. The molecule has 7 heteroatoms. The van der Waals surface area contributed by atoms with Crippen LogP contribution in [0.5, 0.6) is 0 Å². The molecule has 3 aliphatic heterocycles. The van der Waals surface area contributed by atoms with Gasteiger partial charge in [-0.1, -0.05) is 0 Å². The van der Waals surface area contributed by atoms with E-state index in [4.69, 9.17) is 4.74 Å². The molecule has 1 unspecified atom stereocenters. The molecule has 3 fully saturated rings. The highest BCUT2D eigenvalue weighted by atomic mass is 16.5. The van der Waals surface area contributed by atoms with E-state index in [2.05, 4.69) is 16.9 Å². The van der Waals surface area contributed by atoms with Gasteiger partial charge >= 0.3 is 0 Å². The fourth-order valence-electron chi connectivity index (χ4n) is 4.94. The lowest BCUT2D eigenvalue weighted by Gasteiger charge is -2.39. The quantitative estimate of drug-likeness (QED) is 0.764. The normalized spacial score (nSPS) is 25.3. The molecule has 1 aromatic rings. The van der Waals surface area contributed by atoms with E-state index in [1.807, 2.05) is 22.8 Å². The molecular weight excluding hydrogens is 356 g/mol. The molecule has 1 spiro atoms. The van der Waals surface area contributed by atoms with E-state index in [1.165, 1.54) is 0 Å². The Kier molecular flexibility index (Phi) is 5.38. The Morgan fingerprint density at radius 1 is 1.14 bits per heavy atom. The van der Waals surface area contributed by atoms with Gasteiger partial charge in [0.15, 0.2) is 0 Å². The van der Waals surface area contributed by atoms with E-state index in [-0.39, 0.29) is 23.3 Å². The van der Waals surface area contributed by atoms with Crippen LogP contribution in [0.15, 0.2) is 18.5 Å². The number of likely N-dealkylation sites (N-methyl/N-ethyl adjacent to an activating group) is 1. The Labute approximate surface area is 166 Å². The molecule has 1 aromatic heterocycles. The Bertz CT molecular complexity index is 739. The average molecular weight is 386 g/mol. The van der Waals surface area contributed by atoms with E-state index in [0.717, 1.165) is 44.5 Å². The summed E-state index contributed by atoms with van der Waals surface area (Å²) in [6.07, 6.45) is 6.19. The number of carbonyl (C=O) groups is 2. The number of hydrogen-bond acceptors (Lipinski definition) is 5. The van der Waals surface area contributed by atoms with Gasteiger partial charge in [0.2, 0.25) is 5.91 Å². The van der Waals surface area contributed by atoms with Gasteiger partial charge in [-0.25, -0.2) is 0 Å². The number of nitrogens with zero attached hydrogens (tertiary/aromatic N) is 4. The lowest BCUT2D eigenvalue weighted by molar-refractivity contribution is -0.139. The number of aryl methyl sites for hydroxylation is 1. The predicted molar refractivity (Wildman–Crippen MR) is 105 cm³/mol. The average Bonchev–Trinajstić information content (AvgIpc) is 3.04. The number of piperidine rings is 1. The standard InChI is InChI=1S/C21H30N4O3/c1-16-3-6-22-14-17(16)19(26)24-7-4-21(5-8-24)13-18(23(2)15-21)20(27)25-9-11-28-12-10-25/h3,6,14,18H,4-5,7-13,15H2,1-2H3. The molecule has 7 nitrogen and oxygen atoms in total. The van der Waals surface area contributed by atoms with Crippen LogP contribution in [0, 0.1) is 12.3 Å². The van der Waals surface area contributed by atoms with Crippen molar-refractivity contribution < 1.29 is 14.3 Å². The van der Waals surface area contributed by atoms with Crippen molar-refractivity contribution in [1.29, 1.82) is 0 Å². The zero-order valence-electron chi connectivity index (χ0n) is 16.9. The highest BCUT2D eigenvalue weighted by Crippen LogP contribution is 2.43. The van der Waals surface area contributed by atoms with Crippen LogP contribution >= 0.6 is 0 Å². The first-order chi connectivity index (χ1) is 13.5. The number of rotatable bonds is 2. The number of morpholine rings is 1. The second-order valence-corrected chi connectivity index (χ2v) is 8.56. The summed E-state index contributed by atoms with van der Waals surface area (Å²) in [4.78, 5) is 36.1. The summed E-state index contributed by atoms with van der Waals surface area (Å²) < 4.78 is 5.38. The van der Waals surface area contributed by atoms with Gasteiger partial charge in [0.1, 0.15) is 0 Å². The largest absolute Gasteiger partial charge is 0.378 e. The van der Waals surface area contributed by atoms with Crippen LogP contribution in [0.3, 0.4) is 0 Å². The van der Waals surface area contributed by atoms with E-state index in [0.29, 0.717) is 31.9 Å². The maximum absolute atomic E-state index is 13.0. The molecule has 28 heavy (non-hydrogen) atoms. The Hall–Kier alpha value is -1.99. The first-order valence-electron chi connectivity index (χ1n) is 10.3. The van der Waals surface area contributed by atoms with Crippen LogP contribution in [0.2, 0.25) is 0 Å². The van der Waals surface area contributed by atoms with Crippen molar-refractivity contribution in [2.45, 2.75) is 32.2 Å². The number of hydrogen-bond donors (Lipinski definition) is 0. The highest BCUT2D eigenvalue weighted by Gasteiger charge is 2.48. The summed E-state index contributed by atoms with van der Waals surface area (Å²) in [5.74, 6) is 0.319. The summed E-state index contributed by atoms with van der Waals surface area (Å²) in [7, 11) is 2.06. The second kappa shape index (κ2) is 7.79. The lowest BCUT2D eigenvalue weighted by atomic mass is 9.76. The summed E-state index contributed by atoms with van der Waals surface area (Å²) in [5.41, 5.74) is 1.81. The molecule has 0 aromatic carbocycles. The summed E-state index contributed by atoms with van der Waals surface area (Å²) in [6.45, 7) is 7.05. The minimum absolute atomic E-state index is 0.0408. The monoisotopic (exact) mass is 386 g/mol. The maximum atomic E-state index is 13.0. The van der Waals surface area contributed by atoms with E-state index in [1.54, 1.807) is 12.4 Å². The van der Waals surface area contributed by atoms with Gasteiger partial charge < -0.3 is 14.5 Å². The van der Waals surface area contributed by atoms with Crippen LogP contribution in [-0.4, -0.2) is 90.5 Å². The SMILES string of the molecule is Cc1ccncc1C(=O)N1CCC2(CC1)CC(C(=O)N1CCOCC1)N(C)C2. The third kappa shape index (κ3) is 3.65. The zero-order chi connectivity index (χ0) is 19.7. The molecule has 0 aliphatic carbocycles. The van der Waals surface area contributed by atoms with Crippen molar-refractivity contribution in [3.63, 3.8) is 0 Å². The van der Waals surface area contributed by atoms with E-state index < -0.39 is 0 Å². The number of amides is 2. The number of aromatic nitrogens is 1. The fourth-order valence-corrected chi connectivity index (χ4v) is 4.94. The third-order valence-electron chi connectivity index (χ3n) is 6.73. The van der Waals surface area contributed by atoms with Crippen molar-refractivity contribution in [3.05, 3.63) is 29.6 Å². The van der Waals surface area contributed by atoms with Gasteiger partial charge in [0.05, 0.1) is 24.8 Å².